The molecule has 28 heavy (non-hydrogen) atoms. The predicted octanol–water partition coefficient (Wildman–Crippen LogP) is 3.34. The number of halogens is 2. The fraction of sp³-hybridized carbons (Fsp3) is 0.350. The van der Waals surface area contributed by atoms with Crippen LogP contribution >= 0.6 is 11.6 Å². The Bertz CT molecular complexity index is 909. The van der Waals surface area contributed by atoms with Crippen LogP contribution in [0.5, 0.6) is 0 Å². The van der Waals surface area contributed by atoms with Crippen molar-refractivity contribution in [3.63, 3.8) is 0 Å². The molecule has 5 nitrogen and oxygen atoms in total. The van der Waals surface area contributed by atoms with Crippen LogP contribution in [0.1, 0.15) is 24.0 Å². The maximum atomic E-state index is 13.9. The fourth-order valence-electron chi connectivity index (χ4n) is 3.27. The number of nitrogens with one attached hydrogen (secondary N) is 1. The molecule has 1 aliphatic rings. The molecule has 0 unspecified atom stereocenters. The standard InChI is InChI=1S/C20H22ClFN2O3S/c21-18-7-4-8-19(22)17(18)14-28(26,27)24-11-9-16(10-12-24)20(25)23-13-15-5-2-1-3-6-15/h1-8,16H,9-14H2,(H,23,25). The van der Waals surface area contributed by atoms with Crippen molar-refractivity contribution in [3.8, 4) is 0 Å². The molecule has 1 heterocycles. The highest BCUT2D eigenvalue weighted by atomic mass is 35.5. The van der Waals surface area contributed by atoms with Crippen molar-refractivity contribution in [2.45, 2.75) is 25.1 Å². The first-order chi connectivity index (χ1) is 13.4. The van der Waals surface area contributed by atoms with E-state index < -0.39 is 21.6 Å². The number of nitrogens with zero attached hydrogens (tertiary/aromatic N) is 1. The monoisotopic (exact) mass is 424 g/mol. The van der Waals surface area contributed by atoms with Crippen molar-refractivity contribution in [3.05, 3.63) is 70.5 Å². The van der Waals surface area contributed by atoms with Crippen molar-refractivity contribution in [2.75, 3.05) is 13.1 Å². The Kier molecular flexibility index (Phi) is 6.69. The van der Waals surface area contributed by atoms with Crippen molar-refractivity contribution < 1.29 is 17.6 Å². The topological polar surface area (TPSA) is 66.5 Å². The van der Waals surface area contributed by atoms with Crippen LogP contribution in [-0.2, 0) is 27.1 Å². The number of carbonyl (C=O) groups is 1. The second-order valence-electron chi connectivity index (χ2n) is 6.83. The van der Waals surface area contributed by atoms with Gasteiger partial charge in [-0.15, -0.1) is 0 Å². The fourth-order valence-corrected chi connectivity index (χ4v) is 5.19. The molecule has 8 heteroatoms. The number of hydrogen-bond donors (Lipinski definition) is 1. The quantitative estimate of drug-likeness (QED) is 0.773. The summed E-state index contributed by atoms with van der Waals surface area (Å²) >= 11 is 5.95. The molecule has 1 aliphatic heterocycles. The number of hydrogen-bond acceptors (Lipinski definition) is 3. The Balaban J connectivity index is 1.54. The van der Waals surface area contributed by atoms with Crippen LogP contribution in [0.4, 0.5) is 4.39 Å². The molecule has 0 spiro atoms. The zero-order valence-electron chi connectivity index (χ0n) is 15.3. The molecule has 1 N–H and O–H groups in total. The van der Waals surface area contributed by atoms with Gasteiger partial charge >= 0.3 is 0 Å². The highest BCUT2D eigenvalue weighted by Gasteiger charge is 2.32. The number of rotatable bonds is 6. The maximum absolute atomic E-state index is 13.9. The minimum absolute atomic E-state index is 0.0214. The predicted molar refractivity (Wildman–Crippen MR) is 107 cm³/mol. The van der Waals surface area contributed by atoms with E-state index in [-0.39, 0.29) is 35.5 Å². The number of carbonyl (C=O) groups excluding carboxylic acids is 1. The summed E-state index contributed by atoms with van der Waals surface area (Å²) in [5.74, 6) is -1.42. The summed E-state index contributed by atoms with van der Waals surface area (Å²) in [6.45, 7) is 0.916. The van der Waals surface area contributed by atoms with Gasteiger partial charge in [-0.1, -0.05) is 48.0 Å². The summed E-state index contributed by atoms with van der Waals surface area (Å²) in [7, 11) is -3.71. The van der Waals surface area contributed by atoms with Gasteiger partial charge in [-0.3, -0.25) is 4.79 Å². The largest absolute Gasteiger partial charge is 0.352 e. The zero-order valence-corrected chi connectivity index (χ0v) is 16.8. The Morgan fingerprint density at radius 1 is 1.11 bits per heavy atom. The molecule has 0 bridgehead atoms. The van der Waals surface area contributed by atoms with E-state index in [1.807, 2.05) is 30.3 Å². The smallest absolute Gasteiger partial charge is 0.223 e. The minimum atomic E-state index is -3.71. The Hall–Kier alpha value is -1.96. The summed E-state index contributed by atoms with van der Waals surface area (Å²) in [6, 6.07) is 13.7. The summed E-state index contributed by atoms with van der Waals surface area (Å²) < 4.78 is 40.5. The van der Waals surface area contributed by atoms with Gasteiger partial charge in [0, 0.05) is 36.1 Å². The van der Waals surface area contributed by atoms with E-state index in [4.69, 9.17) is 11.6 Å². The second-order valence-corrected chi connectivity index (χ2v) is 9.21. The molecule has 3 rings (SSSR count). The lowest BCUT2D eigenvalue weighted by Gasteiger charge is -2.30. The first-order valence-corrected chi connectivity index (χ1v) is 11.1. The molecule has 0 aromatic heterocycles. The number of benzene rings is 2. The Morgan fingerprint density at radius 3 is 2.43 bits per heavy atom. The van der Waals surface area contributed by atoms with Gasteiger partial charge in [0.2, 0.25) is 15.9 Å². The molecule has 2 aromatic rings. The van der Waals surface area contributed by atoms with Gasteiger partial charge in [0.1, 0.15) is 5.82 Å². The zero-order chi connectivity index (χ0) is 20.1. The summed E-state index contributed by atoms with van der Waals surface area (Å²) in [4.78, 5) is 12.4. The lowest BCUT2D eigenvalue weighted by Crippen LogP contribution is -2.43. The van der Waals surface area contributed by atoms with Crippen LogP contribution in [-0.4, -0.2) is 31.7 Å². The average Bonchev–Trinajstić information content (AvgIpc) is 2.70. The van der Waals surface area contributed by atoms with E-state index in [1.165, 1.54) is 22.5 Å². The highest BCUT2D eigenvalue weighted by molar-refractivity contribution is 7.88. The first-order valence-electron chi connectivity index (χ1n) is 9.09. The van der Waals surface area contributed by atoms with Gasteiger partial charge in [0.05, 0.1) is 5.75 Å². The van der Waals surface area contributed by atoms with E-state index in [9.17, 15) is 17.6 Å². The van der Waals surface area contributed by atoms with Crippen LogP contribution < -0.4 is 5.32 Å². The lowest BCUT2D eigenvalue weighted by atomic mass is 9.97. The van der Waals surface area contributed by atoms with E-state index >= 15 is 0 Å². The van der Waals surface area contributed by atoms with Crippen LogP contribution in [0.15, 0.2) is 48.5 Å². The Labute approximate surface area is 169 Å². The van der Waals surface area contributed by atoms with Crippen LogP contribution in [0, 0.1) is 11.7 Å². The van der Waals surface area contributed by atoms with Gasteiger partial charge < -0.3 is 5.32 Å². The maximum Gasteiger partial charge on any atom is 0.223 e. The molecule has 0 aliphatic carbocycles. The van der Waals surface area contributed by atoms with E-state index in [2.05, 4.69) is 5.32 Å². The summed E-state index contributed by atoms with van der Waals surface area (Å²) in [6.07, 6.45) is 0.871. The number of piperidine rings is 1. The van der Waals surface area contributed by atoms with Crippen molar-refractivity contribution in [1.29, 1.82) is 0 Å². The molecule has 0 radical (unpaired) electrons. The number of amides is 1. The molecular weight excluding hydrogens is 403 g/mol. The highest BCUT2D eigenvalue weighted by Crippen LogP contribution is 2.26. The van der Waals surface area contributed by atoms with Crippen LogP contribution in [0.25, 0.3) is 0 Å². The van der Waals surface area contributed by atoms with Crippen LogP contribution in [0.3, 0.4) is 0 Å². The van der Waals surface area contributed by atoms with Crippen molar-refractivity contribution in [2.24, 2.45) is 5.92 Å². The van der Waals surface area contributed by atoms with Gasteiger partial charge in [0.15, 0.2) is 0 Å². The Morgan fingerprint density at radius 2 is 1.79 bits per heavy atom. The first kappa shape index (κ1) is 20.8. The summed E-state index contributed by atoms with van der Waals surface area (Å²) in [5.41, 5.74) is 0.990. The third-order valence-electron chi connectivity index (χ3n) is 4.92. The molecule has 0 atom stereocenters. The molecule has 1 fully saturated rings. The molecule has 1 saturated heterocycles. The summed E-state index contributed by atoms with van der Waals surface area (Å²) in [5, 5.41) is 3.00. The molecular formula is C20H22ClFN2O3S. The van der Waals surface area contributed by atoms with E-state index in [1.54, 1.807) is 0 Å². The molecule has 0 saturated carbocycles. The van der Waals surface area contributed by atoms with E-state index in [0.717, 1.165) is 5.56 Å². The van der Waals surface area contributed by atoms with Gasteiger partial charge in [-0.05, 0) is 30.5 Å². The van der Waals surface area contributed by atoms with Crippen LogP contribution in [0.2, 0.25) is 5.02 Å². The number of sulfonamides is 1. The van der Waals surface area contributed by atoms with Gasteiger partial charge in [-0.25, -0.2) is 17.1 Å². The third-order valence-corrected chi connectivity index (χ3v) is 7.08. The molecule has 2 aromatic carbocycles. The normalized spacial score (nSPS) is 16.1. The van der Waals surface area contributed by atoms with E-state index in [0.29, 0.717) is 19.4 Å². The SMILES string of the molecule is O=C(NCc1ccccc1)C1CCN(S(=O)(=O)Cc2c(F)cccc2Cl)CC1. The molecule has 150 valence electrons. The lowest BCUT2D eigenvalue weighted by molar-refractivity contribution is -0.126. The molecule has 1 amide bonds. The van der Waals surface area contributed by atoms with Crippen molar-refractivity contribution >= 4 is 27.5 Å². The second kappa shape index (κ2) is 9.03. The third kappa shape index (κ3) is 5.10. The average molecular weight is 425 g/mol. The minimum Gasteiger partial charge on any atom is -0.352 e. The van der Waals surface area contributed by atoms with Gasteiger partial charge in [0.25, 0.3) is 0 Å². The van der Waals surface area contributed by atoms with Gasteiger partial charge in [-0.2, -0.15) is 0 Å². The van der Waals surface area contributed by atoms with Crippen molar-refractivity contribution in [1.82, 2.24) is 9.62 Å².